The van der Waals surface area contributed by atoms with Crippen molar-refractivity contribution in [2.24, 2.45) is 22.2 Å². The summed E-state index contributed by atoms with van der Waals surface area (Å²) in [5.74, 6) is 2.83. The van der Waals surface area contributed by atoms with Gasteiger partial charge in [-0.25, -0.2) is 4.98 Å². The second-order valence-electron chi connectivity index (χ2n) is 23.7. The zero-order valence-corrected chi connectivity index (χ0v) is 42.9. The average molecular weight is 910 g/mol. The minimum atomic E-state index is -0.0304. The first kappa shape index (κ1) is 46.0. The summed E-state index contributed by atoms with van der Waals surface area (Å²) in [6.45, 7) is 27.9. The van der Waals surface area contributed by atoms with Crippen molar-refractivity contribution in [3.63, 3.8) is 0 Å². The number of nitrogens with zero attached hydrogens (tertiary/aromatic N) is 4. The largest absolute Gasteiger partial charge is 0.457 e. The van der Waals surface area contributed by atoms with E-state index >= 15 is 0 Å². The van der Waals surface area contributed by atoms with Gasteiger partial charge in [-0.05, 0) is 129 Å². The van der Waals surface area contributed by atoms with Gasteiger partial charge in [0.15, 0.2) is 11.0 Å². The number of imidazole rings is 1. The maximum Gasteiger partial charge on any atom is 0.254 e. The standard InChI is InChI=1S/C64H69N4O/c1-61(2,3)45-27-24-43(25-28-45)53-22-17-23-57-60(53)67(50-36-47(63(7,8)9)35-48(37-50)64(10,11)12)41-66(57)49-20-16-21-51(39-49)69-52-29-30-54-55-34-44(42-18-14-13-15-19-42)26-31-56(55)68(58(54)40-52)59-38-46(32-33-65-59)62(4,5)6/h13-24,26-27,29-36,38-41,48H,25,28,37H2,1-12H3/q+1/t48-/m0/s1. The van der Waals surface area contributed by atoms with E-state index in [0.717, 1.165) is 58.7 Å². The smallest absolute Gasteiger partial charge is 0.254 e. The van der Waals surface area contributed by atoms with Crippen LogP contribution in [-0.2, 0) is 5.41 Å². The van der Waals surface area contributed by atoms with Gasteiger partial charge in [-0.3, -0.25) is 4.57 Å². The van der Waals surface area contributed by atoms with Gasteiger partial charge in [0.1, 0.15) is 28.7 Å². The van der Waals surface area contributed by atoms with Crippen LogP contribution in [0.4, 0.5) is 0 Å². The Hall–Kier alpha value is -6.72. The molecule has 0 bridgehead atoms. The fourth-order valence-corrected chi connectivity index (χ4v) is 10.3. The quantitative estimate of drug-likeness (QED) is 0.149. The summed E-state index contributed by atoms with van der Waals surface area (Å²) in [6.07, 6.45) is 17.1. The molecule has 0 saturated carbocycles. The number of fused-ring (bicyclic) bond motifs is 4. The molecule has 0 fully saturated rings. The predicted molar refractivity (Wildman–Crippen MR) is 290 cm³/mol. The molecule has 2 aliphatic rings. The molecule has 0 radical (unpaired) electrons. The second kappa shape index (κ2) is 17.1. The maximum absolute atomic E-state index is 6.91. The molecular formula is C64H69N4O+. The molecule has 5 nitrogen and oxygen atoms in total. The molecule has 5 aromatic carbocycles. The Bertz CT molecular complexity index is 3410. The number of hydrogen-bond acceptors (Lipinski definition) is 2. The molecule has 1 atom stereocenters. The number of rotatable bonds is 7. The maximum atomic E-state index is 6.91. The summed E-state index contributed by atoms with van der Waals surface area (Å²) in [5.41, 5.74) is 16.4. The minimum absolute atomic E-state index is 0.0120. The molecule has 8 aromatic rings. The van der Waals surface area contributed by atoms with Crippen LogP contribution in [0.15, 0.2) is 169 Å². The lowest BCUT2D eigenvalue weighted by molar-refractivity contribution is -0.556. The molecular weight excluding hydrogens is 841 g/mol. The lowest BCUT2D eigenvalue weighted by atomic mass is 9.71. The van der Waals surface area contributed by atoms with Crippen LogP contribution in [-0.4, -0.2) is 14.1 Å². The third-order valence-corrected chi connectivity index (χ3v) is 14.6. The van der Waals surface area contributed by atoms with Crippen molar-refractivity contribution in [3.8, 4) is 34.1 Å². The molecule has 0 amide bonds. The highest BCUT2D eigenvalue weighted by atomic mass is 16.5. The highest BCUT2D eigenvalue weighted by Gasteiger charge is 2.34. The van der Waals surface area contributed by atoms with Crippen molar-refractivity contribution in [2.45, 2.75) is 108 Å². The molecule has 69 heavy (non-hydrogen) atoms. The molecule has 0 unspecified atom stereocenters. The lowest BCUT2D eigenvalue weighted by Gasteiger charge is -2.34. The van der Waals surface area contributed by atoms with Crippen LogP contribution in [0.25, 0.3) is 66.7 Å². The lowest BCUT2D eigenvalue weighted by Crippen LogP contribution is -2.36. The van der Waals surface area contributed by atoms with Crippen LogP contribution in [0.5, 0.6) is 11.5 Å². The van der Waals surface area contributed by atoms with Crippen LogP contribution in [0.2, 0.25) is 0 Å². The number of ether oxygens (including phenoxy) is 1. The molecule has 3 aromatic heterocycles. The highest BCUT2D eigenvalue weighted by molar-refractivity contribution is 6.10. The number of para-hydroxylation sites is 1. The number of aromatic nitrogens is 4. The van der Waals surface area contributed by atoms with E-state index in [0.29, 0.717) is 5.92 Å². The summed E-state index contributed by atoms with van der Waals surface area (Å²) in [6, 6.07) is 43.7. The number of benzene rings is 5. The zero-order valence-electron chi connectivity index (χ0n) is 42.9. The number of pyridine rings is 1. The Morgan fingerprint density at radius 3 is 2.09 bits per heavy atom. The molecule has 0 saturated heterocycles. The second-order valence-corrected chi connectivity index (χ2v) is 23.7. The van der Waals surface area contributed by atoms with Crippen molar-refractivity contribution in [1.29, 1.82) is 0 Å². The van der Waals surface area contributed by atoms with Crippen LogP contribution in [0.3, 0.4) is 0 Å². The zero-order chi connectivity index (χ0) is 48.6. The molecule has 350 valence electrons. The van der Waals surface area contributed by atoms with Crippen molar-refractivity contribution < 1.29 is 9.30 Å². The predicted octanol–water partition coefficient (Wildman–Crippen LogP) is 17.2. The first-order valence-corrected chi connectivity index (χ1v) is 25.0. The van der Waals surface area contributed by atoms with Crippen molar-refractivity contribution >= 4 is 44.1 Å². The van der Waals surface area contributed by atoms with Crippen molar-refractivity contribution in [2.75, 3.05) is 0 Å². The SMILES string of the molecule is CC(C)(C)C1=C[C@H](C(C)(C)C)CC([n+]2cn(-c3cccc(Oc4ccc5c6cc(-c7ccccc7)ccc6n(-c6cc(C(C)(C)C)ccn6)c5c4)c3)c3cccc(C4=CC=C(C(C)(C)C)CC4)c32)=C1. The first-order valence-electron chi connectivity index (χ1n) is 25.0. The van der Waals surface area contributed by atoms with Crippen LogP contribution >= 0.6 is 0 Å². The molecule has 10 rings (SSSR count). The molecule has 0 spiro atoms. The highest BCUT2D eigenvalue weighted by Crippen LogP contribution is 2.44. The third kappa shape index (κ3) is 8.93. The topological polar surface area (TPSA) is 35.9 Å². The Balaban J connectivity index is 1.10. The van der Waals surface area contributed by atoms with E-state index in [9.17, 15) is 0 Å². The fraction of sp³-hybridized carbons (Fsp3) is 0.312. The fourth-order valence-electron chi connectivity index (χ4n) is 10.3. The van der Waals surface area contributed by atoms with Gasteiger partial charge >= 0.3 is 0 Å². The molecule has 3 heterocycles. The van der Waals surface area contributed by atoms with Crippen LogP contribution < -0.4 is 9.30 Å². The van der Waals surface area contributed by atoms with E-state index in [1.165, 1.54) is 61.1 Å². The summed E-state index contributed by atoms with van der Waals surface area (Å²) >= 11 is 0. The van der Waals surface area contributed by atoms with Gasteiger partial charge < -0.3 is 4.74 Å². The van der Waals surface area contributed by atoms with Gasteiger partial charge in [-0.1, -0.05) is 161 Å². The van der Waals surface area contributed by atoms with Crippen molar-refractivity contribution in [3.05, 3.63) is 180 Å². The van der Waals surface area contributed by atoms with Gasteiger partial charge in [0.25, 0.3) is 6.33 Å². The Kier molecular flexibility index (Phi) is 11.4. The van der Waals surface area contributed by atoms with Gasteiger partial charge in [0.05, 0.1) is 11.0 Å². The van der Waals surface area contributed by atoms with E-state index in [1.807, 2.05) is 6.20 Å². The number of hydrogen-bond donors (Lipinski definition) is 0. The van der Waals surface area contributed by atoms with Crippen LogP contribution in [0, 0.1) is 22.2 Å². The molecule has 0 N–H and O–H groups in total. The Morgan fingerprint density at radius 2 is 1.38 bits per heavy atom. The Labute approximate surface area is 410 Å². The summed E-state index contributed by atoms with van der Waals surface area (Å²) in [5, 5.41) is 2.33. The van der Waals surface area contributed by atoms with Gasteiger partial charge in [0, 0.05) is 41.1 Å². The van der Waals surface area contributed by atoms with Crippen molar-refractivity contribution in [1.82, 2.24) is 14.1 Å². The number of allylic oxidation sites excluding steroid dienone is 8. The van der Waals surface area contributed by atoms with Gasteiger partial charge in [0.2, 0.25) is 0 Å². The van der Waals surface area contributed by atoms with Gasteiger partial charge in [-0.2, -0.15) is 9.13 Å². The summed E-state index contributed by atoms with van der Waals surface area (Å²) in [7, 11) is 0. The monoisotopic (exact) mass is 910 g/mol. The molecule has 0 aliphatic heterocycles. The van der Waals surface area contributed by atoms with Crippen LogP contribution in [0.1, 0.15) is 113 Å². The minimum Gasteiger partial charge on any atom is -0.457 e. The van der Waals surface area contributed by atoms with E-state index in [2.05, 4.69) is 249 Å². The average Bonchev–Trinajstić information content (AvgIpc) is 3.87. The van der Waals surface area contributed by atoms with E-state index in [1.54, 1.807) is 0 Å². The third-order valence-electron chi connectivity index (χ3n) is 14.6. The normalized spacial score (nSPS) is 16.1. The van der Waals surface area contributed by atoms with E-state index in [4.69, 9.17) is 9.72 Å². The Morgan fingerprint density at radius 1 is 0.609 bits per heavy atom. The van der Waals surface area contributed by atoms with E-state index in [-0.39, 0.29) is 21.7 Å². The summed E-state index contributed by atoms with van der Waals surface area (Å²) in [4.78, 5) is 4.98. The van der Waals surface area contributed by atoms with E-state index < -0.39 is 0 Å². The molecule has 2 aliphatic carbocycles. The first-order chi connectivity index (χ1) is 32.7. The van der Waals surface area contributed by atoms with Gasteiger partial charge in [-0.15, -0.1) is 0 Å². The summed E-state index contributed by atoms with van der Waals surface area (Å²) < 4.78 is 14.1. The molecule has 5 heteroatoms.